The van der Waals surface area contributed by atoms with Crippen LogP contribution in [0.2, 0.25) is 5.02 Å². The Labute approximate surface area is 162 Å². The summed E-state index contributed by atoms with van der Waals surface area (Å²) in [5.74, 6) is -0.792. The van der Waals surface area contributed by atoms with Gasteiger partial charge in [-0.15, -0.1) is 10.2 Å². The molecule has 8 heteroatoms. The average Bonchev–Trinajstić information content (AvgIpc) is 3.26. The van der Waals surface area contributed by atoms with E-state index in [1.165, 1.54) is 12.8 Å². The van der Waals surface area contributed by atoms with Gasteiger partial charge >= 0.3 is 0 Å². The SMILES string of the molecule is FC1(F)CCN(C2CCN(c3ccn4c(CC5CC5)nnc4c3Cl)CC2)C1. The molecule has 0 atom stereocenters. The van der Waals surface area contributed by atoms with Crippen LogP contribution in [0.3, 0.4) is 0 Å². The Bertz CT molecular complexity index is 842. The normalized spacial score (nSPS) is 24.2. The molecule has 5 nitrogen and oxygen atoms in total. The minimum absolute atomic E-state index is 0.00815. The fourth-order valence-electron chi connectivity index (χ4n) is 4.47. The van der Waals surface area contributed by atoms with Crippen LogP contribution in [0.1, 0.15) is 37.9 Å². The highest BCUT2D eigenvalue weighted by Gasteiger charge is 2.41. The predicted octanol–water partition coefficient (Wildman–Crippen LogP) is 3.65. The molecule has 0 unspecified atom stereocenters. The van der Waals surface area contributed by atoms with E-state index in [1.54, 1.807) is 0 Å². The zero-order valence-corrected chi connectivity index (χ0v) is 16.0. The molecule has 146 valence electrons. The van der Waals surface area contributed by atoms with Crippen molar-refractivity contribution < 1.29 is 8.78 Å². The van der Waals surface area contributed by atoms with Gasteiger partial charge in [0.1, 0.15) is 10.8 Å². The molecular formula is C19H24ClF2N5. The van der Waals surface area contributed by atoms with Crippen LogP contribution in [0.15, 0.2) is 12.3 Å². The first-order chi connectivity index (χ1) is 13.0. The lowest BCUT2D eigenvalue weighted by Gasteiger charge is -2.38. The Morgan fingerprint density at radius 3 is 2.56 bits per heavy atom. The second kappa shape index (κ2) is 6.55. The Hall–Kier alpha value is -1.47. The van der Waals surface area contributed by atoms with Gasteiger partial charge in [0, 0.05) is 44.7 Å². The third-order valence-electron chi connectivity index (χ3n) is 6.26. The lowest BCUT2D eigenvalue weighted by Crippen LogP contribution is -2.44. The molecule has 1 aliphatic carbocycles. The lowest BCUT2D eigenvalue weighted by atomic mass is 10.0. The first kappa shape index (κ1) is 17.6. The molecule has 2 aliphatic heterocycles. The number of hydrogen-bond acceptors (Lipinski definition) is 4. The van der Waals surface area contributed by atoms with Crippen molar-refractivity contribution in [2.45, 2.75) is 50.5 Å². The highest BCUT2D eigenvalue weighted by Crippen LogP contribution is 2.36. The van der Waals surface area contributed by atoms with Gasteiger partial charge in [-0.2, -0.15) is 0 Å². The van der Waals surface area contributed by atoms with Gasteiger partial charge in [-0.3, -0.25) is 9.30 Å². The van der Waals surface area contributed by atoms with E-state index in [0.29, 0.717) is 17.2 Å². The van der Waals surface area contributed by atoms with E-state index in [9.17, 15) is 8.78 Å². The van der Waals surface area contributed by atoms with Gasteiger partial charge in [0.05, 0.1) is 12.2 Å². The molecule has 4 heterocycles. The van der Waals surface area contributed by atoms with Crippen LogP contribution in [-0.4, -0.2) is 57.6 Å². The van der Waals surface area contributed by atoms with E-state index in [4.69, 9.17) is 11.6 Å². The Kier molecular flexibility index (Phi) is 4.27. The van der Waals surface area contributed by atoms with Crippen molar-refractivity contribution in [1.82, 2.24) is 19.5 Å². The molecule has 2 saturated heterocycles. The van der Waals surface area contributed by atoms with Crippen molar-refractivity contribution in [2.75, 3.05) is 31.1 Å². The van der Waals surface area contributed by atoms with Crippen LogP contribution >= 0.6 is 11.6 Å². The summed E-state index contributed by atoms with van der Waals surface area (Å²) in [7, 11) is 0. The largest absolute Gasteiger partial charge is 0.370 e. The third kappa shape index (κ3) is 3.40. The van der Waals surface area contributed by atoms with E-state index >= 15 is 0 Å². The number of fused-ring (bicyclic) bond motifs is 1. The van der Waals surface area contributed by atoms with Gasteiger partial charge in [-0.05, 0) is 37.7 Å². The second-order valence-electron chi connectivity index (χ2n) is 8.27. The number of rotatable bonds is 4. The topological polar surface area (TPSA) is 36.7 Å². The van der Waals surface area contributed by atoms with Crippen LogP contribution in [-0.2, 0) is 6.42 Å². The Morgan fingerprint density at radius 1 is 1.11 bits per heavy atom. The maximum Gasteiger partial charge on any atom is 0.261 e. The zero-order chi connectivity index (χ0) is 18.6. The molecule has 3 aliphatic rings. The lowest BCUT2D eigenvalue weighted by molar-refractivity contribution is 0.00629. The minimum atomic E-state index is -2.52. The molecule has 0 radical (unpaired) electrons. The fourth-order valence-corrected chi connectivity index (χ4v) is 4.78. The minimum Gasteiger partial charge on any atom is -0.370 e. The predicted molar refractivity (Wildman–Crippen MR) is 101 cm³/mol. The summed E-state index contributed by atoms with van der Waals surface area (Å²) in [6, 6.07) is 2.29. The van der Waals surface area contributed by atoms with Gasteiger partial charge in [0.25, 0.3) is 5.92 Å². The van der Waals surface area contributed by atoms with Gasteiger partial charge < -0.3 is 4.90 Å². The first-order valence-electron chi connectivity index (χ1n) is 9.89. The van der Waals surface area contributed by atoms with Crippen LogP contribution in [0.4, 0.5) is 14.5 Å². The standard InChI is InChI=1S/C19H24ClF2N5/c20-17-15(5-9-27-16(11-13-1-2-13)23-24-18(17)27)25-7-3-14(4-8-25)26-10-6-19(21,22)12-26/h5,9,13-14H,1-4,6-8,10-12H2. The van der Waals surface area contributed by atoms with E-state index < -0.39 is 5.92 Å². The van der Waals surface area contributed by atoms with Gasteiger partial charge in [-0.1, -0.05) is 11.6 Å². The highest BCUT2D eigenvalue weighted by molar-refractivity contribution is 6.36. The monoisotopic (exact) mass is 395 g/mol. The van der Waals surface area contributed by atoms with Crippen molar-refractivity contribution in [3.63, 3.8) is 0 Å². The summed E-state index contributed by atoms with van der Waals surface area (Å²) >= 11 is 6.67. The van der Waals surface area contributed by atoms with Gasteiger partial charge in [0.2, 0.25) is 0 Å². The molecule has 0 N–H and O–H groups in total. The Morgan fingerprint density at radius 2 is 1.89 bits per heavy atom. The quantitative estimate of drug-likeness (QED) is 0.791. The molecule has 1 saturated carbocycles. The van der Waals surface area contributed by atoms with Crippen molar-refractivity contribution in [1.29, 1.82) is 0 Å². The van der Waals surface area contributed by atoms with Crippen molar-refractivity contribution in [3.8, 4) is 0 Å². The highest BCUT2D eigenvalue weighted by atomic mass is 35.5. The number of likely N-dealkylation sites (tertiary alicyclic amines) is 1. The van der Waals surface area contributed by atoms with Crippen LogP contribution in [0, 0.1) is 5.92 Å². The van der Waals surface area contributed by atoms with Crippen LogP contribution < -0.4 is 4.90 Å². The molecule has 0 amide bonds. The number of piperidine rings is 1. The summed E-state index contributed by atoms with van der Waals surface area (Å²) in [5.41, 5.74) is 1.69. The van der Waals surface area contributed by atoms with Crippen molar-refractivity contribution >= 4 is 22.9 Å². The molecule has 0 spiro atoms. The maximum atomic E-state index is 13.5. The van der Waals surface area contributed by atoms with Crippen molar-refractivity contribution in [3.05, 3.63) is 23.1 Å². The number of nitrogens with zero attached hydrogens (tertiary/aromatic N) is 5. The first-order valence-corrected chi connectivity index (χ1v) is 10.3. The van der Waals surface area contributed by atoms with E-state index in [2.05, 4.69) is 15.1 Å². The molecule has 2 aromatic rings. The molecule has 0 bridgehead atoms. The van der Waals surface area contributed by atoms with E-state index in [0.717, 1.165) is 49.8 Å². The fraction of sp³-hybridized carbons (Fsp3) is 0.684. The van der Waals surface area contributed by atoms with Crippen molar-refractivity contribution in [2.24, 2.45) is 5.92 Å². The summed E-state index contributed by atoms with van der Waals surface area (Å²) in [6.07, 6.45) is 7.29. The number of anilines is 1. The maximum absolute atomic E-state index is 13.5. The molecular weight excluding hydrogens is 372 g/mol. The molecule has 2 aromatic heterocycles. The van der Waals surface area contributed by atoms with Gasteiger partial charge in [-0.25, -0.2) is 8.78 Å². The van der Waals surface area contributed by atoms with E-state index in [1.807, 2.05) is 21.6 Å². The Balaban J connectivity index is 1.29. The molecule has 3 fully saturated rings. The third-order valence-corrected chi connectivity index (χ3v) is 6.62. The summed E-state index contributed by atoms with van der Waals surface area (Å²) in [6.45, 7) is 2.07. The summed E-state index contributed by atoms with van der Waals surface area (Å²) in [5, 5.41) is 9.28. The molecule has 27 heavy (non-hydrogen) atoms. The summed E-state index contributed by atoms with van der Waals surface area (Å²) < 4.78 is 29.0. The average molecular weight is 396 g/mol. The molecule has 0 aromatic carbocycles. The smallest absolute Gasteiger partial charge is 0.261 e. The summed E-state index contributed by atoms with van der Waals surface area (Å²) in [4.78, 5) is 4.22. The molecule has 5 rings (SSSR count). The number of aromatic nitrogens is 3. The van der Waals surface area contributed by atoms with E-state index in [-0.39, 0.29) is 19.0 Å². The number of halogens is 3. The number of pyridine rings is 1. The van der Waals surface area contributed by atoms with Crippen LogP contribution in [0.5, 0.6) is 0 Å². The zero-order valence-electron chi connectivity index (χ0n) is 15.3. The number of alkyl halides is 2. The van der Waals surface area contributed by atoms with Crippen LogP contribution in [0.25, 0.3) is 5.65 Å². The second-order valence-corrected chi connectivity index (χ2v) is 8.64. The number of hydrogen-bond donors (Lipinski definition) is 0. The van der Waals surface area contributed by atoms with Gasteiger partial charge in [0.15, 0.2) is 5.65 Å².